The molecule has 0 amide bonds. The summed E-state index contributed by atoms with van der Waals surface area (Å²) in [6, 6.07) is 7.57. The van der Waals surface area contributed by atoms with Crippen LogP contribution in [0, 0.1) is 22.7 Å². The highest BCUT2D eigenvalue weighted by molar-refractivity contribution is 5.90. The van der Waals surface area contributed by atoms with Gasteiger partial charge in [0, 0.05) is 35.7 Å². The van der Waals surface area contributed by atoms with E-state index in [-0.39, 0.29) is 12.5 Å². The van der Waals surface area contributed by atoms with Crippen LogP contribution in [-0.4, -0.2) is 64.2 Å². The molecule has 4 rings (SSSR count). The van der Waals surface area contributed by atoms with Crippen LogP contribution in [0.2, 0.25) is 0 Å². The quantitative estimate of drug-likeness (QED) is 0.304. The fraction of sp³-hybridized carbons (Fsp3) is 0.182. The van der Waals surface area contributed by atoms with Gasteiger partial charge in [-0.05, 0) is 17.7 Å². The van der Waals surface area contributed by atoms with Crippen molar-refractivity contribution in [2.75, 3.05) is 0 Å². The molecule has 0 spiro atoms. The Kier molecular flexibility index (Phi) is 9.84. The van der Waals surface area contributed by atoms with E-state index in [9.17, 15) is 36.9 Å². The van der Waals surface area contributed by atoms with Crippen molar-refractivity contribution in [2.24, 2.45) is 0 Å². The second kappa shape index (κ2) is 12.8. The summed E-state index contributed by atoms with van der Waals surface area (Å²) in [7, 11) is 0. The van der Waals surface area contributed by atoms with E-state index in [0.717, 1.165) is 22.3 Å². The monoisotopic (exact) mass is 568 g/mol. The number of fused-ring (bicyclic) bond motifs is 1. The molecule has 208 valence electrons. The number of nitriles is 2. The summed E-state index contributed by atoms with van der Waals surface area (Å²) in [4.78, 5) is 33.4. The Bertz CT molecular complexity index is 1540. The minimum atomic E-state index is -5.08. The summed E-state index contributed by atoms with van der Waals surface area (Å²) in [5, 5.41) is 38.1. The maximum atomic E-state index is 10.6. The number of aliphatic carboxylic acids is 2. The molecule has 1 atom stereocenters. The standard InChI is InChI=1S/C18H12N8.2C2HF3O2/c19-4-1-16(14-2-5-21-8-12(14)7-20)26-10-13(9-25-26)17-15-3-6-22-18(15)24-11-23-17;2*3-2(4,5)1(6)7/h2-3,5-6,8-11,16H,1H2,(H,22,23,24);2*(H,6,7)/t16-;;/m0../s1. The highest BCUT2D eigenvalue weighted by atomic mass is 19.4. The number of nitrogens with zero attached hydrogens (tertiary/aromatic N) is 7. The van der Waals surface area contributed by atoms with Crippen LogP contribution in [0.4, 0.5) is 26.3 Å². The Balaban J connectivity index is 0.000000333. The third-order valence-corrected chi connectivity index (χ3v) is 4.65. The van der Waals surface area contributed by atoms with Gasteiger partial charge in [0.15, 0.2) is 0 Å². The van der Waals surface area contributed by atoms with Crippen LogP contribution >= 0.6 is 0 Å². The largest absolute Gasteiger partial charge is 0.490 e. The van der Waals surface area contributed by atoms with Gasteiger partial charge in [-0.3, -0.25) is 9.67 Å². The van der Waals surface area contributed by atoms with Crippen LogP contribution in [0.15, 0.2) is 49.4 Å². The van der Waals surface area contributed by atoms with E-state index in [1.54, 1.807) is 23.1 Å². The molecule has 0 aromatic carbocycles. The second-order valence-corrected chi connectivity index (χ2v) is 7.23. The Morgan fingerprint density at radius 1 is 1.02 bits per heavy atom. The number of aromatic amines is 1. The first-order valence-corrected chi connectivity index (χ1v) is 10.3. The molecule has 0 radical (unpaired) electrons. The number of pyridine rings is 1. The number of alkyl halides is 6. The van der Waals surface area contributed by atoms with Crippen molar-refractivity contribution in [1.29, 1.82) is 10.5 Å². The first kappa shape index (κ1) is 30.7. The summed E-state index contributed by atoms with van der Waals surface area (Å²) in [6.07, 6.45) is -0.0403. The van der Waals surface area contributed by atoms with Gasteiger partial charge in [-0.2, -0.15) is 42.0 Å². The lowest BCUT2D eigenvalue weighted by molar-refractivity contribution is -0.193. The Morgan fingerprint density at radius 2 is 1.65 bits per heavy atom. The van der Waals surface area contributed by atoms with E-state index < -0.39 is 24.3 Å². The molecule has 4 aromatic rings. The number of rotatable bonds is 4. The van der Waals surface area contributed by atoms with Crippen molar-refractivity contribution < 1.29 is 46.1 Å². The Labute approximate surface area is 218 Å². The average Bonchev–Trinajstić information content (AvgIpc) is 3.57. The number of carboxylic acids is 2. The molecule has 0 bridgehead atoms. The lowest BCUT2D eigenvalue weighted by atomic mass is 10.0. The number of hydrogen-bond donors (Lipinski definition) is 3. The fourth-order valence-electron chi connectivity index (χ4n) is 2.95. The van der Waals surface area contributed by atoms with Crippen LogP contribution < -0.4 is 0 Å². The average molecular weight is 568 g/mol. The van der Waals surface area contributed by atoms with Crippen molar-refractivity contribution in [3.63, 3.8) is 0 Å². The van der Waals surface area contributed by atoms with Crippen LogP contribution in [0.25, 0.3) is 22.3 Å². The summed E-state index contributed by atoms with van der Waals surface area (Å²) in [5.74, 6) is -5.51. The molecular weight excluding hydrogens is 554 g/mol. The zero-order chi connectivity index (χ0) is 30.1. The van der Waals surface area contributed by atoms with E-state index in [0.29, 0.717) is 11.1 Å². The smallest absolute Gasteiger partial charge is 0.475 e. The number of hydrogen-bond acceptors (Lipinski definition) is 8. The van der Waals surface area contributed by atoms with Gasteiger partial charge in [0.25, 0.3) is 0 Å². The van der Waals surface area contributed by atoms with E-state index in [2.05, 4.69) is 37.2 Å². The molecule has 4 aromatic heterocycles. The number of carboxylic acid groups (broad SMARTS) is 2. The molecule has 18 heteroatoms. The van der Waals surface area contributed by atoms with Crippen LogP contribution in [0.5, 0.6) is 0 Å². The van der Waals surface area contributed by atoms with Crippen LogP contribution in [0.3, 0.4) is 0 Å². The van der Waals surface area contributed by atoms with Crippen molar-refractivity contribution in [3.05, 3.63) is 60.6 Å². The molecule has 4 heterocycles. The molecule has 0 aliphatic heterocycles. The minimum Gasteiger partial charge on any atom is -0.475 e. The summed E-state index contributed by atoms with van der Waals surface area (Å²) < 4.78 is 65.2. The van der Waals surface area contributed by atoms with Gasteiger partial charge in [-0.15, -0.1) is 0 Å². The summed E-state index contributed by atoms with van der Waals surface area (Å²) in [5.41, 5.74) is 3.46. The molecule has 12 nitrogen and oxygen atoms in total. The fourth-order valence-corrected chi connectivity index (χ4v) is 2.95. The highest BCUT2D eigenvalue weighted by Crippen LogP contribution is 2.28. The molecule has 0 aliphatic rings. The molecule has 0 saturated heterocycles. The first-order valence-electron chi connectivity index (χ1n) is 10.3. The maximum absolute atomic E-state index is 10.6. The van der Waals surface area contributed by atoms with Gasteiger partial charge in [0.1, 0.15) is 18.0 Å². The van der Waals surface area contributed by atoms with Crippen molar-refractivity contribution >= 4 is 23.0 Å². The molecule has 40 heavy (non-hydrogen) atoms. The number of H-pyrrole nitrogens is 1. The predicted molar refractivity (Wildman–Crippen MR) is 120 cm³/mol. The minimum absolute atomic E-state index is 0.184. The number of carbonyl (C=O) groups is 2. The van der Waals surface area contributed by atoms with E-state index in [1.807, 2.05) is 18.5 Å². The summed E-state index contributed by atoms with van der Waals surface area (Å²) in [6.45, 7) is 0. The maximum Gasteiger partial charge on any atom is 0.490 e. The zero-order valence-electron chi connectivity index (χ0n) is 19.5. The Morgan fingerprint density at radius 3 is 2.20 bits per heavy atom. The highest BCUT2D eigenvalue weighted by Gasteiger charge is 2.38. The number of aromatic nitrogens is 6. The van der Waals surface area contributed by atoms with Gasteiger partial charge < -0.3 is 15.2 Å². The third-order valence-electron chi connectivity index (χ3n) is 4.65. The summed E-state index contributed by atoms with van der Waals surface area (Å²) >= 11 is 0. The lowest BCUT2D eigenvalue weighted by Crippen LogP contribution is -2.21. The van der Waals surface area contributed by atoms with E-state index in [1.165, 1.54) is 12.5 Å². The van der Waals surface area contributed by atoms with Gasteiger partial charge in [-0.1, -0.05) is 0 Å². The molecule has 3 N–H and O–H groups in total. The lowest BCUT2D eigenvalue weighted by Gasteiger charge is -2.15. The van der Waals surface area contributed by atoms with Crippen molar-refractivity contribution in [3.8, 4) is 23.4 Å². The topological polar surface area (TPSA) is 194 Å². The third kappa shape index (κ3) is 7.99. The SMILES string of the molecule is N#CC[C@@H](c1ccncc1C#N)n1cc(-c2ncnc3[nH]ccc23)cn1.O=C(O)C(F)(F)F.O=C(O)C(F)(F)F. The second-order valence-electron chi connectivity index (χ2n) is 7.23. The van der Waals surface area contributed by atoms with E-state index >= 15 is 0 Å². The number of nitrogens with one attached hydrogen (secondary N) is 1. The van der Waals surface area contributed by atoms with Crippen molar-refractivity contribution in [1.82, 2.24) is 29.7 Å². The van der Waals surface area contributed by atoms with Gasteiger partial charge in [0.05, 0.1) is 36.0 Å². The number of halogens is 6. The van der Waals surface area contributed by atoms with Gasteiger partial charge in [0.2, 0.25) is 0 Å². The van der Waals surface area contributed by atoms with Gasteiger partial charge >= 0.3 is 24.3 Å². The zero-order valence-corrected chi connectivity index (χ0v) is 19.5. The van der Waals surface area contributed by atoms with E-state index in [4.69, 9.17) is 19.8 Å². The molecule has 0 unspecified atom stereocenters. The van der Waals surface area contributed by atoms with Crippen LogP contribution in [0.1, 0.15) is 23.6 Å². The first-order chi connectivity index (χ1) is 18.7. The molecule has 0 fully saturated rings. The van der Waals surface area contributed by atoms with Crippen molar-refractivity contribution in [2.45, 2.75) is 24.8 Å². The molecule has 0 aliphatic carbocycles. The van der Waals surface area contributed by atoms with Gasteiger partial charge in [-0.25, -0.2) is 19.6 Å². The molecular formula is C22H14F6N8O4. The van der Waals surface area contributed by atoms with Crippen LogP contribution in [-0.2, 0) is 9.59 Å². The Hall–Kier alpha value is -5.52. The predicted octanol–water partition coefficient (Wildman–Crippen LogP) is 3.86. The molecule has 0 saturated carbocycles. The normalized spacial score (nSPS) is 11.6.